The summed E-state index contributed by atoms with van der Waals surface area (Å²) in [5.41, 5.74) is 3.16. The van der Waals surface area contributed by atoms with Crippen LogP contribution in [0.5, 0.6) is 0 Å². The van der Waals surface area contributed by atoms with Crippen molar-refractivity contribution in [2.45, 2.75) is 13.8 Å². The van der Waals surface area contributed by atoms with Crippen LogP contribution in [0, 0.1) is 6.92 Å². The molecule has 0 radical (unpaired) electrons. The van der Waals surface area contributed by atoms with Crippen LogP contribution in [0.3, 0.4) is 0 Å². The topological polar surface area (TPSA) is 26.3 Å². The molecule has 0 fully saturated rings. The lowest BCUT2D eigenvalue weighted by atomic mass is 10.0. The molecule has 1 aromatic carbocycles. The van der Waals surface area contributed by atoms with Crippen LogP contribution >= 0.6 is 0 Å². The highest BCUT2D eigenvalue weighted by atomic mass is 16.5. The zero-order chi connectivity index (χ0) is 10.6. The highest BCUT2D eigenvalue weighted by Crippen LogP contribution is 2.17. The summed E-state index contributed by atoms with van der Waals surface area (Å²) in [7, 11) is 1.38. The van der Waals surface area contributed by atoms with Gasteiger partial charge in [-0.2, -0.15) is 0 Å². The molecule has 0 spiro atoms. The SMILES string of the molecule is COC(=O)C=C(C)c1ccccc1C. The summed E-state index contributed by atoms with van der Waals surface area (Å²) in [6, 6.07) is 7.94. The summed E-state index contributed by atoms with van der Waals surface area (Å²) in [5.74, 6) is -0.314. The fraction of sp³-hybridized carbons (Fsp3) is 0.250. The Morgan fingerprint density at radius 1 is 1.36 bits per heavy atom. The van der Waals surface area contributed by atoms with E-state index < -0.39 is 0 Å². The molecule has 0 saturated carbocycles. The molecule has 14 heavy (non-hydrogen) atoms. The standard InChI is InChI=1S/C12H14O2/c1-9-6-4-5-7-11(9)10(2)8-12(13)14-3/h4-8H,1-3H3. The minimum atomic E-state index is -0.314. The van der Waals surface area contributed by atoms with Crippen LogP contribution in [0.4, 0.5) is 0 Å². The van der Waals surface area contributed by atoms with Crippen molar-refractivity contribution in [1.82, 2.24) is 0 Å². The first-order chi connectivity index (χ1) is 6.65. The molecule has 0 unspecified atom stereocenters. The smallest absolute Gasteiger partial charge is 0.330 e. The molecule has 0 bridgehead atoms. The van der Waals surface area contributed by atoms with Gasteiger partial charge in [-0.25, -0.2) is 4.79 Å². The highest BCUT2D eigenvalue weighted by Gasteiger charge is 2.01. The van der Waals surface area contributed by atoms with Crippen LogP contribution in [0.1, 0.15) is 18.1 Å². The van der Waals surface area contributed by atoms with Gasteiger partial charge in [0.05, 0.1) is 7.11 Å². The van der Waals surface area contributed by atoms with Crippen LogP contribution in [-0.2, 0) is 9.53 Å². The maximum absolute atomic E-state index is 11.0. The number of esters is 1. The average Bonchev–Trinajstić information content (AvgIpc) is 2.18. The molecule has 2 nitrogen and oxygen atoms in total. The minimum absolute atomic E-state index is 0.314. The average molecular weight is 190 g/mol. The van der Waals surface area contributed by atoms with Crippen molar-refractivity contribution in [2.75, 3.05) is 7.11 Å². The first-order valence-corrected chi connectivity index (χ1v) is 4.47. The van der Waals surface area contributed by atoms with Gasteiger partial charge in [0.2, 0.25) is 0 Å². The van der Waals surface area contributed by atoms with E-state index in [0.29, 0.717) is 0 Å². The normalized spacial score (nSPS) is 11.2. The lowest BCUT2D eigenvalue weighted by Crippen LogP contribution is -1.96. The predicted octanol–water partition coefficient (Wildman–Crippen LogP) is 2.57. The van der Waals surface area contributed by atoms with Gasteiger partial charge in [-0.1, -0.05) is 24.3 Å². The Kier molecular flexibility index (Phi) is 3.46. The first-order valence-electron chi connectivity index (χ1n) is 4.47. The number of methoxy groups -OCH3 is 1. The van der Waals surface area contributed by atoms with E-state index in [2.05, 4.69) is 4.74 Å². The number of carbonyl (C=O) groups excluding carboxylic acids is 1. The molecule has 0 N–H and O–H groups in total. The summed E-state index contributed by atoms with van der Waals surface area (Å²) >= 11 is 0. The number of hydrogen-bond donors (Lipinski definition) is 0. The molecule has 1 rings (SSSR count). The van der Waals surface area contributed by atoms with E-state index in [0.717, 1.165) is 16.7 Å². The lowest BCUT2D eigenvalue weighted by molar-refractivity contribution is -0.134. The third-order valence-corrected chi connectivity index (χ3v) is 2.11. The molecule has 0 saturated heterocycles. The maximum atomic E-state index is 11.0. The molecule has 2 heteroatoms. The van der Waals surface area contributed by atoms with Gasteiger partial charge in [0.15, 0.2) is 0 Å². The molecular formula is C12H14O2. The van der Waals surface area contributed by atoms with Crippen molar-refractivity contribution in [1.29, 1.82) is 0 Å². The lowest BCUT2D eigenvalue weighted by Gasteiger charge is -2.04. The Hall–Kier alpha value is -1.57. The van der Waals surface area contributed by atoms with E-state index in [4.69, 9.17) is 0 Å². The largest absolute Gasteiger partial charge is 0.466 e. The summed E-state index contributed by atoms with van der Waals surface area (Å²) in [5, 5.41) is 0. The Bertz CT molecular complexity index is 364. The molecular weight excluding hydrogens is 176 g/mol. The van der Waals surface area contributed by atoms with Gasteiger partial charge in [0.25, 0.3) is 0 Å². The summed E-state index contributed by atoms with van der Waals surface area (Å²) in [4.78, 5) is 11.0. The second kappa shape index (κ2) is 4.61. The molecule has 0 amide bonds. The van der Waals surface area contributed by atoms with Crippen molar-refractivity contribution >= 4 is 11.5 Å². The summed E-state index contributed by atoms with van der Waals surface area (Å²) in [6.07, 6.45) is 1.50. The van der Waals surface area contributed by atoms with Crippen LogP contribution in [0.25, 0.3) is 5.57 Å². The molecule has 1 aromatic rings. The molecule has 0 aliphatic carbocycles. The zero-order valence-corrected chi connectivity index (χ0v) is 8.70. The third kappa shape index (κ3) is 2.46. The molecule has 74 valence electrons. The Morgan fingerprint density at radius 3 is 2.57 bits per heavy atom. The van der Waals surface area contributed by atoms with Crippen LogP contribution in [0.2, 0.25) is 0 Å². The fourth-order valence-corrected chi connectivity index (χ4v) is 1.33. The van der Waals surface area contributed by atoms with Gasteiger partial charge in [-0.3, -0.25) is 0 Å². The van der Waals surface area contributed by atoms with Crippen molar-refractivity contribution in [3.63, 3.8) is 0 Å². The molecule has 0 heterocycles. The second-order valence-corrected chi connectivity index (χ2v) is 3.17. The number of aryl methyl sites for hydroxylation is 1. The van der Waals surface area contributed by atoms with E-state index in [9.17, 15) is 4.79 Å². The van der Waals surface area contributed by atoms with Gasteiger partial charge >= 0.3 is 5.97 Å². The Morgan fingerprint density at radius 2 is 2.00 bits per heavy atom. The van der Waals surface area contributed by atoms with E-state index in [-0.39, 0.29) is 5.97 Å². The first kappa shape index (κ1) is 10.5. The third-order valence-electron chi connectivity index (χ3n) is 2.11. The highest BCUT2D eigenvalue weighted by molar-refractivity contribution is 5.91. The number of benzene rings is 1. The molecule has 0 atom stereocenters. The Labute approximate surface area is 84.2 Å². The minimum Gasteiger partial charge on any atom is -0.466 e. The second-order valence-electron chi connectivity index (χ2n) is 3.17. The van der Waals surface area contributed by atoms with Crippen molar-refractivity contribution in [3.8, 4) is 0 Å². The van der Waals surface area contributed by atoms with E-state index in [1.165, 1.54) is 13.2 Å². The van der Waals surface area contributed by atoms with Crippen molar-refractivity contribution in [2.24, 2.45) is 0 Å². The predicted molar refractivity (Wildman–Crippen MR) is 56.8 cm³/mol. The van der Waals surface area contributed by atoms with E-state index in [1.807, 2.05) is 38.1 Å². The molecule has 0 aliphatic heterocycles. The fourth-order valence-electron chi connectivity index (χ4n) is 1.33. The van der Waals surface area contributed by atoms with Gasteiger partial charge in [-0.05, 0) is 30.5 Å². The zero-order valence-electron chi connectivity index (χ0n) is 8.70. The van der Waals surface area contributed by atoms with Crippen molar-refractivity contribution < 1.29 is 9.53 Å². The van der Waals surface area contributed by atoms with Crippen LogP contribution in [-0.4, -0.2) is 13.1 Å². The van der Waals surface area contributed by atoms with Gasteiger partial charge in [0.1, 0.15) is 0 Å². The monoisotopic (exact) mass is 190 g/mol. The Balaban J connectivity index is 3.00. The van der Waals surface area contributed by atoms with Crippen LogP contribution < -0.4 is 0 Å². The number of hydrogen-bond acceptors (Lipinski definition) is 2. The number of ether oxygens (including phenoxy) is 1. The summed E-state index contributed by atoms with van der Waals surface area (Å²) < 4.78 is 4.57. The number of rotatable bonds is 2. The van der Waals surface area contributed by atoms with Crippen molar-refractivity contribution in [3.05, 3.63) is 41.5 Å². The molecule has 0 aliphatic rings. The van der Waals surface area contributed by atoms with E-state index in [1.54, 1.807) is 0 Å². The quantitative estimate of drug-likeness (QED) is 0.529. The van der Waals surface area contributed by atoms with E-state index >= 15 is 0 Å². The van der Waals surface area contributed by atoms with Gasteiger partial charge < -0.3 is 4.74 Å². The van der Waals surface area contributed by atoms with Gasteiger partial charge in [-0.15, -0.1) is 0 Å². The number of carbonyl (C=O) groups is 1. The maximum Gasteiger partial charge on any atom is 0.330 e. The number of allylic oxidation sites excluding steroid dienone is 1. The van der Waals surface area contributed by atoms with Crippen LogP contribution in [0.15, 0.2) is 30.3 Å². The van der Waals surface area contributed by atoms with Gasteiger partial charge in [0, 0.05) is 6.08 Å². The summed E-state index contributed by atoms with van der Waals surface area (Å²) in [6.45, 7) is 3.92. The molecule has 0 aromatic heterocycles.